The molecule has 5 aliphatic rings. The first kappa shape index (κ1) is 60.2. The first-order chi connectivity index (χ1) is 38.4. The number of aliphatic hydroxyl groups is 1. The number of nitrogens with one attached hydrogen (secondary N) is 4. The van der Waals surface area contributed by atoms with Crippen molar-refractivity contribution in [3.8, 4) is 16.2 Å². The number of hydrogen-bond donors (Lipinski definition) is 5. The maximum absolute atomic E-state index is 14.7. The highest BCUT2D eigenvalue weighted by atomic mass is 35.5. The van der Waals surface area contributed by atoms with Crippen molar-refractivity contribution in [1.29, 1.82) is 0 Å². The van der Waals surface area contributed by atoms with Gasteiger partial charge in [-0.3, -0.25) is 14.4 Å². The molecule has 9 rings (SSSR count). The number of rotatable bonds is 18. The Morgan fingerprint density at radius 2 is 1.65 bits per heavy atom. The second-order valence-corrected chi connectivity index (χ2v) is 27.7. The zero-order valence-electron chi connectivity index (χ0n) is 48.1. The zero-order valence-corrected chi connectivity index (χ0v) is 50.5. The molecule has 4 amide bonds. The molecule has 5 fully saturated rings. The Bertz CT molecular complexity index is 2860. The van der Waals surface area contributed by atoms with Gasteiger partial charge >= 0.3 is 6.09 Å². The Balaban J connectivity index is 0.732. The fourth-order valence-corrected chi connectivity index (χ4v) is 13.1. The molecule has 3 aromatic heterocycles. The lowest BCUT2D eigenvalue weighted by Gasteiger charge is -2.40. The number of alkyl carbamates (subject to hydrolysis) is 1. The first-order valence-corrected chi connectivity index (χ1v) is 30.8. The number of pyridine rings is 1. The summed E-state index contributed by atoms with van der Waals surface area (Å²) in [6.07, 6.45) is 12.1. The molecule has 1 aromatic carbocycles. The maximum Gasteiger partial charge on any atom is 0.407 e. The number of hydrogen-bond acceptors (Lipinski definition) is 16. The van der Waals surface area contributed by atoms with Crippen LogP contribution >= 0.6 is 34.7 Å². The van der Waals surface area contributed by atoms with E-state index in [0.717, 1.165) is 122 Å². The molecule has 0 bridgehead atoms. The van der Waals surface area contributed by atoms with Gasteiger partial charge in [0.15, 0.2) is 5.67 Å². The van der Waals surface area contributed by atoms with Gasteiger partial charge in [-0.05, 0) is 126 Å². The number of thiazole rings is 1. The van der Waals surface area contributed by atoms with Crippen LogP contribution in [-0.4, -0.2) is 146 Å². The van der Waals surface area contributed by atoms with Crippen LogP contribution in [0.25, 0.3) is 10.4 Å². The van der Waals surface area contributed by atoms with Gasteiger partial charge in [0.25, 0.3) is 5.91 Å². The number of carbonyl (C=O) groups is 4. The van der Waals surface area contributed by atoms with Crippen LogP contribution in [0.3, 0.4) is 0 Å². The number of anilines is 2. The molecule has 0 radical (unpaired) electrons. The molecule has 0 unspecified atom stereocenters. The molecule has 18 nitrogen and oxygen atoms in total. The van der Waals surface area contributed by atoms with Gasteiger partial charge in [0.2, 0.25) is 11.8 Å². The Hall–Kier alpha value is -5.35. The Morgan fingerprint density at radius 1 is 0.926 bits per heavy atom. The van der Waals surface area contributed by atoms with E-state index in [-0.39, 0.29) is 56.0 Å². The van der Waals surface area contributed by atoms with Crippen molar-refractivity contribution in [3.05, 3.63) is 64.6 Å². The minimum absolute atomic E-state index is 0.0298. The SMILES string of the molecule is Cc1ncsc1-c1ccc(CNC(=O)[C@@H]2C[C@@H](O)CN2C(=O)[C@@H](NC(=O)C2(F)CC2)C(C)(C)C)c(OC2CCN(CC3CCC(Nc4nccc(Sc5cnc(N6CCC(C)(CNC(=O)OC(C)(C)C)CC6)cn5)c4Cl)CC3)CC2)c1. The fraction of sp³-hybridized carbons (Fsp3) is 0.627. The van der Waals surface area contributed by atoms with Crippen molar-refractivity contribution in [2.45, 2.75) is 184 Å². The van der Waals surface area contributed by atoms with Crippen molar-refractivity contribution in [2.24, 2.45) is 16.7 Å². The summed E-state index contributed by atoms with van der Waals surface area (Å²) in [4.78, 5) is 79.7. The summed E-state index contributed by atoms with van der Waals surface area (Å²) in [5.74, 6) is 0.982. The number of alkyl halides is 1. The van der Waals surface area contributed by atoms with Crippen molar-refractivity contribution in [3.63, 3.8) is 0 Å². The average Bonchev–Trinajstić information content (AvgIpc) is 4.01. The van der Waals surface area contributed by atoms with Crippen LogP contribution in [0.4, 0.5) is 20.8 Å². The van der Waals surface area contributed by atoms with Gasteiger partial charge in [-0.15, -0.1) is 11.3 Å². The molecule has 3 aliphatic heterocycles. The number of aromatic nitrogens is 4. The molecule has 3 saturated heterocycles. The monoisotopic (exact) mass is 1170 g/mol. The van der Waals surface area contributed by atoms with Crippen LogP contribution in [0.15, 0.2) is 58.3 Å². The van der Waals surface area contributed by atoms with Crippen LogP contribution in [0.1, 0.15) is 130 Å². The highest BCUT2D eigenvalue weighted by molar-refractivity contribution is 7.99. The minimum Gasteiger partial charge on any atom is -0.490 e. The van der Waals surface area contributed by atoms with Gasteiger partial charge in [0.1, 0.15) is 46.2 Å². The van der Waals surface area contributed by atoms with E-state index in [0.29, 0.717) is 29.1 Å². The normalized spacial score (nSPS) is 22.6. The van der Waals surface area contributed by atoms with E-state index in [2.05, 4.69) is 48.0 Å². The number of benzene rings is 1. The molecule has 5 N–H and O–H groups in total. The molecular weight excluding hydrogens is 1090 g/mol. The largest absolute Gasteiger partial charge is 0.490 e. The third-order valence-electron chi connectivity index (χ3n) is 16.4. The molecule has 22 heteroatoms. The summed E-state index contributed by atoms with van der Waals surface area (Å²) in [6.45, 7) is 20.2. The van der Waals surface area contributed by atoms with E-state index in [1.54, 1.807) is 44.5 Å². The maximum atomic E-state index is 14.7. The van der Waals surface area contributed by atoms with Gasteiger partial charge in [-0.1, -0.05) is 63.2 Å². The van der Waals surface area contributed by atoms with Crippen LogP contribution in [0, 0.1) is 23.7 Å². The minimum atomic E-state index is -1.97. The van der Waals surface area contributed by atoms with Gasteiger partial charge in [0.05, 0.1) is 39.6 Å². The Labute approximate surface area is 489 Å². The summed E-state index contributed by atoms with van der Waals surface area (Å²) in [6, 6.07) is 6.10. The summed E-state index contributed by atoms with van der Waals surface area (Å²) < 4.78 is 27.0. The summed E-state index contributed by atoms with van der Waals surface area (Å²) in [5, 5.41) is 24.3. The third-order valence-corrected chi connectivity index (χ3v) is 18.9. The second kappa shape index (κ2) is 25.2. The number of β-amino-alcohol motifs (C(OH)–C–C–N with tert-alkyl or cyclic N) is 1. The van der Waals surface area contributed by atoms with E-state index in [1.807, 2.05) is 63.7 Å². The average molecular weight is 1170 g/mol. The Kier molecular flexibility index (Phi) is 18.8. The molecule has 6 heterocycles. The van der Waals surface area contributed by atoms with Crippen LogP contribution in [0.2, 0.25) is 5.02 Å². The molecule has 2 aliphatic carbocycles. The lowest BCUT2D eigenvalue weighted by Crippen LogP contribution is -2.59. The van der Waals surface area contributed by atoms with Crippen molar-refractivity contribution >= 4 is 70.2 Å². The number of likely N-dealkylation sites (tertiary alicyclic amines) is 2. The number of piperidine rings is 2. The van der Waals surface area contributed by atoms with Gasteiger partial charge < -0.3 is 50.5 Å². The molecule has 81 heavy (non-hydrogen) atoms. The Morgan fingerprint density at radius 3 is 2.30 bits per heavy atom. The van der Waals surface area contributed by atoms with Gasteiger partial charge in [0, 0.05) is 81.5 Å². The first-order valence-electron chi connectivity index (χ1n) is 28.7. The van der Waals surface area contributed by atoms with E-state index in [9.17, 15) is 28.7 Å². The highest BCUT2D eigenvalue weighted by Gasteiger charge is 2.53. The van der Waals surface area contributed by atoms with Gasteiger partial charge in [-0.2, -0.15) is 0 Å². The second-order valence-electron chi connectivity index (χ2n) is 25.4. The summed E-state index contributed by atoms with van der Waals surface area (Å²) in [5.41, 5.74) is 1.19. The smallest absolute Gasteiger partial charge is 0.407 e. The van der Waals surface area contributed by atoms with Crippen LogP contribution < -0.4 is 30.9 Å². The predicted molar refractivity (Wildman–Crippen MR) is 313 cm³/mol. The van der Waals surface area contributed by atoms with Crippen LogP contribution in [0.5, 0.6) is 5.75 Å². The highest BCUT2D eigenvalue weighted by Crippen LogP contribution is 2.42. The standard InChI is InChI=1S/C59H81ClFN11O7S2/c1-36-49(80-35-67-36)38-11-12-39(29-65-52(74)43-28-41(73)33-72(43)53(75)50(56(2,3)4)69-54(76)59(61)18-19-59)44(27-38)78-42-16-23-70(24-17-42)32-37-9-13-40(14-10-37)68-51-48(60)45(15-22-62-51)81-47-31-63-46(30-64-47)71-25-20-58(8,21-26-71)34-66-55(77)79-57(5,6)7/h11-12,15,22,27,30-31,35,37,40-43,50,73H,9-10,13-14,16-21,23-26,28-29,32-34H2,1-8H3,(H,62,68)(H,65,74)(H,66,77)(H,69,76)/t37?,40?,41-,43+,50-/m1/s1. The van der Waals surface area contributed by atoms with Gasteiger partial charge in [-0.25, -0.2) is 29.1 Å². The predicted octanol–water partition coefficient (Wildman–Crippen LogP) is 9.36. The van der Waals surface area contributed by atoms with E-state index >= 15 is 0 Å². The topological polar surface area (TPSA) is 216 Å². The molecule has 4 aromatic rings. The molecule has 2 saturated carbocycles. The van der Waals surface area contributed by atoms with Crippen LogP contribution in [-0.2, 0) is 25.7 Å². The van der Waals surface area contributed by atoms with E-state index < -0.39 is 52.6 Å². The molecular formula is C59H81ClFN11O7S2. The fourth-order valence-electron chi connectivity index (χ4n) is 11.3. The summed E-state index contributed by atoms with van der Waals surface area (Å²) >= 11 is 10.0. The number of amides is 4. The number of aliphatic hydroxyl groups excluding tert-OH is 1. The molecule has 440 valence electrons. The lowest BCUT2D eigenvalue weighted by atomic mass is 9.80. The van der Waals surface area contributed by atoms with E-state index in [1.165, 1.54) is 16.7 Å². The number of halogens is 2. The number of nitrogens with zero attached hydrogens (tertiary/aromatic N) is 7. The van der Waals surface area contributed by atoms with Crippen molar-refractivity contribution in [1.82, 2.24) is 45.7 Å². The number of ether oxygens (including phenoxy) is 2. The van der Waals surface area contributed by atoms with E-state index in [4.69, 9.17) is 31.0 Å². The lowest BCUT2D eigenvalue weighted by molar-refractivity contribution is -0.145. The quantitative estimate of drug-likeness (QED) is 0.0627. The number of aryl methyl sites for hydroxylation is 1. The number of carbonyl (C=O) groups excluding carboxylic acids is 4. The third kappa shape index (κ3) is 15.7. The van der Waals surface area contributed by atoms with Crippen molar-refractivity contribution < 1.29 is 38.1 Å². The summed E-state index contributed by atoms with van der Waals surface area (Å²) in [7, 11) is 0. The zero-order chi connectivity index (χ0) is 57.9. The molecule has 3 atom stereocenters. The van der Waals surface area contributed by atoms with Crippen molar-refractivity contribution in [2.75, 3.05) is 56.0 Å². The molecule has 0 spiro atoms.